The van der Waals surface area contributed by atoms with Gasteiger partial charge in [-0.3, -0.25) is 0 Å². The Balaban J connectivity index is 2.29. The van der Waals surface area contributed by atoms with Gasteiger partial charge in [-0.1, -0.05) is 0 Å². The number of fused-ring (bicyclic) bond motifs is 3. The maximum absolute atomic E-state index is 13.2. The number of hydrogen-bond acceptors (Lipinski definition) is 1. The van der Waals surface area contributed by atoms with Crippen molar-refractivity contribution < 1.29 is 4.39 Å². The summed E-state index contributed by atoms with van der Waals surface area (Å²) in [7, 11) is 1.96. The summed E-state index contributed by atoms with van der Waals surface area (Å²) in [5.41, 5.74) is 3.56. The van der Waals surface area contributed by atoms with Crippen LogP contribution in [0.2, 0.25) is 0 Å². The molecule has 1 aromatic carbocycles. The first-order chi connectivity index (χ1) is 7.29. The van der Waals surface area contributed by atoms with Crippen molar-refractivity contribution in [3.05, 3.63) is 35.3 Å². The van der Waals surface area contributed by atoms with Gasteiger partial charge in [0.2, 0.25) is 0 Å². The number of H-pyrrole nitrogens is 1. The van der Waals surface area contributed by atoms with E-state index < -0.39 is 0 Å². The number of benzene rings is 1. The maximum atomic E-state index is 13.2. The average molecular weight is 204 g/mol. The monoisotopic (exact) mass is 204 g/mol. The third-order valence-corrected chi connectivity index (χ3v) is 3.26. The summed E-state index contributed by atoms with van der Waals surface area (Å²) < 4.78 is 13.2. The highest BCUT2D eigenvalue weighted by Crippen LogP contribution is 2.36. The van der Waals surface area contributed by atoms with Crippen LogP contribution in [0.5, 0.6) is 0 Å². The zero-order valence-corrected chi connectivity index (χ0v) is 8.60. The van der Waals surface area contributed by atoms with Crippen LogP contribution < -0.4 is 5.32 Å². The van der Waals surface area contributed by atoms with Crippen molar-refractivity contribution in [1.82, 2.24) is 10.3 Å². The molecular weight excluding hydrogens is 191 g/mol. The topological polar surface area (TPSA) is 27.8 Å². The Hall–Kier alpha value is -1.35. The fourth-order valence-electron chi connectivity index (χ4n) is 2.56. The van der Waals surface area contributed by atoms with Crippen molar-refractivity contribution in [3.8, 4) is 0 Å². The molecule has 3 rings (SSSR count). The second-order valence-electron chi connectivity index (χ2n) is 4.09. The lowest BCUT2D eigenvalue weighted by Gasteiger charge is -2.08. The van der Waals surface area contributed by atoms with Crippen molar-refractivity contribution in [2.75, 3.05) is 7.05 Å². The summed E-state index contributed by atoms with van der Waals surface area (Å²) >= 11 is 0. The van der Waals surface area contributed by atoms with Gasteiger partial charge in [0.05, 0.1) is 0 Å². The highest BCUT2D eigenvalue weighted by Gasteiger charge is 2.25. The van der Waals surface area contributed by atoms with E-state index in [-0.39, 0.29) is 5.82 Å². The standard InChI is InChI=1S/C12H13FN2/c1-14-10-4-5-11-12(10)8-6-7(13)2-3-9(8)15-11/h2-3,6,10,14-15H,4-5H2,1H3. The van der Waals surface area contributed by atoms with E-state index in [1.54, 1.807) is 6.07 Å². The normalized spacial score (nSPS) is 19.7. The second-order valence-corrected chi connectivity index (χ2v) is 4.09. The van der Waals surface area contributed by atoms with Gasteiger partial charge in [-0.2, -0.15) is 0 Å². The van der Waals surface area contributed by atoms with Crippen LogP contribution in [0, 0.1) is 5.82 Å². The summed E-state index contributed by atoms with van der Waals surface area (Å²) in [5, 5.41) is 4.30. The zero-order chi connectivity index (χ0) is 10.4. The van der Waals surface area contributed by atoms with E-state index in [1.807, 2.05) is 13.1 Å². The van der Waals surface area contributed by atoms with E-state index >= 15 is 0 Å². The van der Waals surface area contributed by atoms with Crippen LogP contribution in [-0.2, 0) is 6.42 Å². The number of aromatic amines is 1. The molecule has 1 heterocycles. The predicted molar refractivity (Wildman–Crippen MR) is 58.4 cm³/mol. The van der Waals surface area contributed by atoms with Gasteiger partial charge in [0.1, 0.15) is 5.82 Å². The van der Waals surface area contributed by atoms with Gasteiger partial charge in [-0.15, -0.1) is 0 Å². The van der Waals surface area contributed by atoms with Gasteiger partial charge in [0, 0.05) is 22.6 Å². The number of nitrogens with one attached hydrogen (secondary N) is 2. The second kappa shape index (κ2) is 3.07. The smallest absolute Gasteiger partial charge is 0.123 e. The fraction of sp³-hybridized carbons (Fsp3) is 0.333. The lowest BCUT2D eigenvalue weighted by Crippen LogP contribution is -2.12. The van der Waals surface area contributed by atoms with Gasteiger partial charge >= 0.3 is 0 Å². The van der Waals surface area contributed by atoms with Gasteiger partial charge in [0.25, 0.3) is 0 Å². The van der Waals surface area contributed by atoms with Crippen molar-refractivity contribution >= 4 is 10.9 Å². The largest absolute Gasteiger partial charge is 0.358 e. The minimum atomic E-state index is -0.161. The number of halogens is 1. The van der Waals surface area contributed by atoms with E-state index in [2.05, 4.69) is 10.3 Å². The predicted octanol–water partition coefficient (Wildman–Crippen LogP) is 2.51. The molecule has 78 valence electrons. The van der Waals surface area contributed by atoms with Crippen LogP contribution in [0.4, 0.5) is 4.39 Å². The minimum Gasteiger partial charge on any atom is -0.358 e. The molecule has 15 heavy (non-hydrogen) atoms. The molecular formula is C12H13FN2. The van der Waals surface area contributed by atoms with Gasteiger partial charge in [0.15, 0.2) is 0 Å². The molecule has 3 heteroatoms. The van der Waals surface area contributed by atoms with E-state index in [0.29, 0.717) is 6.04 Å². The Labute approximate surface area is 87.5 Å². The van der Waals surface area contributed by atoms with Crippen molar-refractivity contribution in [3.63, 3.8) is 0 Å². The van der Waals surface area contributed by atoms with Crippen LogP contribution >= 0.6 is 0 Å². The van der Waals surface area contributed by atoms with E-state index in [1.165, 1.54) is 17.3 Å². The van der Waals surface area contributed by atoms with E-state index in [0.717, 1.165) is 23.7 Å². The summed E-state index contributed by atoms with van der Waals surface area (Å²) in [4.78, 5) is 3.36. The molecule has 0 aliphatic heterocycles. The summed E-state index contributed by atoms with van der Waals surface area (Å²) in [5.74, 6) is -0.161. The van der Waals surface area contributed by atoms with Crippen molar-refractivity contribution in [2.45, 2.75) is 18.9 Å². The molecule has 2 aromatic rings. The molecule has 1 aromatic heterocycles. The molecule has 1 aliphatic carbocycles. The van der Waals surface area contributed by atoms with Crippen LogP contribution in [0.3, 0.4) is 0 Å². The number of rotatable bonds is 1. The lowest BCUT2D eigenvalue weighted by molar-refractivity contribution is 0.592. The highest BCUT2D eigenvalue weighted by atomic mass is 19.1. The first-order valence-corrected chi connectivity index (χ1v) is 5.27. The third-order valence-electron chi connectivity index (χ3n) is 3.26. The number of aromatic nitrogens is 1. The van der Waals surface area contributed by atoms with Crippen LogP contribution in [0.15, 0.2) is 18.2 Å². The molecule has 2 nitrogen and oxygen atoms in total. The van der Waals surface area contributed by atoms with Crippen LogP contribution in [0.25, 0.3) is 10.9 Å². The molecule has 1 aliphatic rings. The van der Waals surface area contributed by atoms with Gasteiger partial charge in [-0.25, -0.2) is 4.39 Å². The fourth-order valence-corrected chi connectivity index (χ4v) is 2.56. The van der Waals surface area contributed by atoms with E-state index in [9.17, 15) is 4.39 Å². The molecule has 2 N–H and O–H groups in total. The lowest BCUT2D eigenvalue weighted by atomic mass is 10.1. The quantitative estimate of drug-likeness (QED) is 0.734. The molecule has 0 amide bonds. The maximum Gasteiger partial charge on any atom is 0.123 e. The minimum absolute atomic E-state index is 0.161. The molecule has 0 fully saturated rings. The average Bonchev–Trinajstić information content (AvgIpc) is 2.76. The van der Waals surface area contributed by atoms with Crippen molar-refractivity contribution in [2.24, 2.45) is 0 Å². The van der Waals surface area contributed by atoms with Crippen LogP contribution in [0.1, 0.15) is 23.7 Å². The Morgan fingerprint density at radius 3 is 3.13 bits per heavy atom. The molecule has 0 saturated heterocycles. The third kappa shape index (κ3) is 1.20. The van der Waals surface area contributed by atoms with Gasteiger partial charge < -0.3 is 10.3 Å². The first kappa shape index (κ1) is 8.92. The summed E-state index contributed by atoms with van der Waals surface area (Å²) in [6.45, 7) is 0. The van der Waals surface area contributed by atoms with Crippen molar-refractivity contribution in [1.29, 1.82) is 0 Å². The molecule has 0 radical (unpaired) electrons. The molecule has 0 bridgehead atoms. The Morgan fingerprint density at radius 1 is 1.47 bits per heavy atom. The SMILES string of the molecule is CNC1CCc2[nH]c3ccc(F)cc3c21. The first-order valence-electron chi connectivity index (χ1n) is 5.27. The summed E-state index contributed by atoms with van der Waals surface area (Å²) in [6, 6.07) is 5.31. The van der Waals surface area contributed by atoms with Crippen LogP contribution in [-0.4, -0.2) is 12.0 Å². The zero-order valence-electron chi connectivity index (χ0n) is 8.60. The Bertz CT molecular complexity index is 516. The Kier molecular flexibility index (Phi) is 1.83. The molecule has 0 spiro atoms. The van der Waals surface area contributed by atoms with E-state index in [4.69, 9.17) is 0 Å². The molecule has 1 unspecified atom stereocenters. The molecule has 1 atom stereocenters. The highest BCUT2D eigenvalue weighted by molar-refractivity contribution is 5.85. The van der Waals surface area contributed by atoms with Gasteiger partial charge in [-0.05, 0) is 43.7 Å². The molecule has 0 saturated carbocycles. The summed E-state index contributed by atoms with van der Waals surface area (Å²) in [6.07, 6.45) is 2.15. The Morgan fingerprint density at radius 2 is 2.33 bits per heavy atom. The number of hydrogen-bond donors (Lipinski definition) is 2. The number of aryl methyl sites for hydroxylation is 1.